The minimum absolute atomic E-state index is 0.0446. The fourth-order valence-corrected chi connectivity index (χ4v) is 3.16. The first kappa shape index (κ1) is 19.2. The van der Waals surface area contributed by atoms with E-state index in [9.17, 15) is 25.2 Å². The van der Waals surface area contributed by atoms with Gasteiger partial charge in [-0.3, -0.25) is 4.79 Å². The van der Waals surface area contributed by atoms with E-state index in [2.05, 4.69) is 0 Å². The van der Waals surface area contributed by atoms with Gasteiger partial charge >= 0.3 is 0 Å². The van der Waals surface area contributed by atoms with Crippen LogP contribution in [0.15, 0.2) is 63.8 Å². The molecule has 0 spiro atoms. The van der Waals surface area contributed by atoms with Crippen LogP contribution in [0, 0.1) is 6.92 Å². The smallest absolute Gasteiger partial charge is 0.238 e. The molecule has 0 fully saturated rings. The van der Waals surface area contributed by atoms with E-state index < -0.39 is 16.9 Å². The number of phenols is 3. The fourth-order valence-electron chi connectivity index (χ4n) is 3.16. The summed E-state index contributed by atoms with van der Waals surface area (Å²) in [5.74, 6) is -1.39. The van der Waals surface area contributed by atoms with Gasteiger partial charge in [-0.1, -0.05) is 12.1 Å². The Balaban J connectivity index is 1.78. The highest BCUT2D eigenvalue weighted by atomic mass is 16.5. The molecule has 7 nitrogen and oxygen atoms in total. The maximum Gasteiger partial charge on any atom is 0.238 e. The number of phenolic OH excluding ortho intramolecular Hbond substituents is 3. The van der Waals surface area contributed by atoms with Crippen LogP contribution in [0.2, 0.25) is 0 Å². The van der Waals surface area contributed by atoms with Gasteiger partial charge in [0.2, 0.25) is 11.2 Å². The van der Waals surface area contributed by atoms with Crippen molar-refractivity contribution in [2.24, 2.45) is 0 Å². The summed E-state index contributed by atoms with van der Waals surface area (Å²) in [5, 5.41) is 39.7. The molecule has 7 heteroatoms. The van der Waals surface area contributed by atoms with Crippen molar-refractivity contribution < 1.29 is 29.6 Å². The normalized spacial score (nSPS) is 11.0. The van der Waals surface area contributed by atoms with Gasteiger partial charge in [0.25, 0.3) is 0 Å². The first-order valence-electron chi connectivity index (χ1n) is 9.07. The van der Waals surface area contributed by atoms with Gasteiger partial charge in [-0.2, -0.15) is 0 Å². The van der Waals surface area contributed by atoms with Crippen LogP contribution in [-0.4, -0.2) is 20.4 Å². The quantitative estimate of drug-likeness (QED) is 0.375. The number of rotatable bonds is 4. The van der Waals surface area contributed by atoms with Crippen LogP contribution in [-0.2, 0) is 6.61 Å². The van der Waals surface area contributed by atoms with Crippen molar-refractivity contribution in [3.8, 4) is 40.1 Å². The summed E-state index contributed by atoms with van der Waals surface area (Å²) < 4.78 is 11.4. The Morgan fingerprint density at radius 2 is 1.70 bits per heavy atom. The molecule has 4 rings (SSSR count). The zero-order valence-electron chi connectivity index (χ0n) is 15.9. The van der Waals surface area contributed by atoms with E-state index in [0.717, 1.165) is 11.6 Å². The molecule has 0 aliphatic heterocycles. The third kappa shape index (κ3) is 3.48. The molecule has 3 aromatic carbocycles. The monoisotopic (exact) mass is 406 g/mol. The molecule has 0 aliphatic carbocycles. The molecule has 4 aromatic rings. The third-order valence-electron chi connectivity index (χ3n) is 4.64. The summed E-state index contributed by atoms with van der Waals surface area (Å²) in [6.45, 7) is 2.06. The molecule has 0 unspecified atom stereocenters. The minimum atomic E-state index is -0.817. The molecule has 0 aliphatic rings. The van der Waals surface area contributed by atoms with Crippen LogP contribution in [0.1, 0.15) is 11.1 Å². The summed E-state index contributed by atoms with van der Waals surface area (Å²) in [7, 11) is 0. The molecule has 1 heterocycles. The standard InChI is InChI=1S/C23H18O7/c1-12-3-2-4-15(7-12)29-11-13-8-18(26)20-19(9-13)30-23(22(28)21(20)27)14-5-6-16(24)17(25)10-14/h2-10,24-26,28H,11H2,1H3. The maximum atomic E-state index is 12.6. The lowest BCUT2D eigenvalue weighted by Gasteiger charge is -2.11. The largest absolute Gasteiger partial charge is 0.507 e. The summed E-state index contributed by atoms with van der Waals surface area (Å²) >= 11 is 0. The lowest BCUT2D eigenvalue weighted by atomic mass is 10.1. The van der Waals surface area contributed by atoms with Gasteiger partial charge in [0, 0.05) is 5.56 Å². The molecule has 0 atom stereocenters. The summed E-state index contributed by atoms with van der Waals surface area (Å²) in [4.78, 5) is 12.6. The number of fused-ring (bicyclic) bond motifs is 1. The average molecular weight is 406 g/mol. The highest BCUT2D eigenvalue weighted by molar-refractivity contribution is 5.87. The predicted molar refractivity (Wildman–Crippen MR) is 110 cm³/mol. The van der Waals surface area contributed by atoms with Crippen molar-refractivity contribution >= 4 is 11.0 Å². The number of hydrogen-bond acceptors (Lipinski definition) is 7. The fraction of sp³-hybridized carbons (Fsp3) is 0.0870. The van der Waals surface area contributed by atoms with Gasteiger partial charge in [0.1, 0.15) is 29.1 Å². The topological polar surface area (TPSA) is 120 Å². The van der Waals surface area contributed by atoms with Crippen LogP contribution in [0.3, 0.4) is 0 Å². The number of aryl methyl sites for hydroxylation is 1. The van der Waals surface area contributed by atoms with Crippen LogP contribution in [0.25, 0.3) is 22.3 Å². The zero-order chi connectivity index (χ0) is 21.4. The maximum absolute atomic E-state index is 12.6. The average Bonchev–Trinajstić information content (AvgIpc) is 2.71. The second-order valence-electron chi connectivity index (χ2n) is 6.91. The van der Waals surface area contributed by atoms with Crippen molar-refractivity contribution in [2.45, 2.75) is 13.5 Å². The molecular weight excluding hydrogens is 388 g/mol. The van der Waals surface area contributed by atoms with E-state index in [4.69, 9.17) is 9.15 Å². The summed E-state index contributed by atoms with van der Waals surface area (Å²) in [6, 6.07) is 14.1. The second kappa shape index (κ2) is 7.36. The van der Waals surface area contributed by atoms with E-state index in [-0.39, 0.29) is 40.4 Å². The van der Waals surface area contributed by atoms with Crippen LogP contribution < -0.4 is 10.2 Å². The summed E-state index contributed by atoms with van der Waals surface area (Å²) in [5.41, 5.74) is 1.00. The Labute approximate surface area is 170 Å². The SMILES string of the molecule is Cc1cccc(OCc2cc(O)c3c(=O)c(O)c(-c4ccc(O)c(O)c4)oc3c2)c1. The van der Waals surface area contributed by atoms with E-state index >= 15 is 0 Å². The van der Waals surface area contributed by atoms with Crippen LogP contribution in [0.4, 0.5) is 0 Å². The van der Waals surface area contributed by atoms with Crippen molar-refractivity contribution in [3.63, 3.8) is 0 Å². The van der Waals surface area contributed by atoms with Gasteiger partial charge in [-0.25, -0.2) is 0 Å². The number of hydrogen-bond donors (Lipinski definition) is 4. The van der Waals surface area contributed by atoms with Gasteiger partial charge in [-0.15, -0.1) is 0 Å². The Bertz CT molecular complexity index is 1320. The van der Waals surface area contributed by atoms with Gasteiger partial charge < -0.3 is 29.6 Å². The first-order valence-corrected chi connectivity index (χ1v) is 9.07. The van der Waals surface area contributed by atoms with E-state index in [1.54, 1.807) is 0 Å². The van der Waals surface area contributed by atoms with Crippen LogP contribution in [0.5, 0.6) is 28.7 Å². The molecule has 0 radical (unpaired) electrons. The van der Waals surface area contributed by atoms with Crippen molar-refractivity contribution in [2.75, 3.05) is 0 Å². The Hall–Kier alpha value is -4.13. The van der Waals surface area contributed by atoms with E-state index in [1.807, 2.05) is 31.2 Å². The highest BCUT2D eigenvalue weighted by Gasteiger charge is 2.19. The molecule has 4 N–H and O–H groups in total. The molecule has 0 saturated carbocycles. The molecule has 1 aromatic heterocycles. The van der Waals surface area contributed by atoms with Gasteiger partial charge in [0.05, 0.1) is 0 Å². The summed E-state index contributed by atoms with van der Waals surface area (Å²) in [6.07, 6.45) is 0. The van der Waals surface area contributed by atoms with Gasteiger partial charge in [-0.05, 0) is 60.5 Å². The highest BCUT2D eigenvalue weighted by Crippen LogP contribution is 2.37. The van der Waals surface area contributed by atoms with Gasteiger partial charge in [0.15, 0.2) is 17.3 Å². The third-order valence-corrected chi connectivity index (χ3v) is 4.64. The first-order chi connectivity index (χ1) is 14.3. The molecule has 0 saturated heterocycles. The molecule has 152 valence electrons. The van der Waals surface area contributed by atoms with Crippen molar-refractivity contribution in [1.82, 2.24) is 0 Å². The molecule has 30 heavy (non-hydrogen) atoms. The lowest BCUT2D eigenvalue weighted by Crippen LogP contribution is -2.04. The van der Waals surface area contributed by atoms with Crippen LogP contribution >= 0.6 is 0 Å². The Morgan fingerprint density at radius 3 is 2.43 bits per heavy atom. The Kier molecular flexibility index (Phi) is 4.71. The van der Waals surface area contributed by atoms with Crippen molar-refractivity contribution in [1.29, 1.82) is 0 Å². The van der Waals surface area contributed by atoms with Crippen molar-refractivity contribution in [3.05, 3.63) is 75.9 Å². The Morgan fingerprint density at radius 1 is 0.900 bits per heavy atom. The van der Waals surface area contributed by atoms with E-state index in [1.165, 1.54) is 24.3 Å². The number of benzene rings is 3. The molecule has 0 bridgehead atoms. The minimum Gasteiger partial charge on any atom is -0.507 e. The zero-order valence-corrected chi connectivity index (χ0v) is 15.9. The van der Waals surface area contributed by atoms with E-state index in [0.29, 0.717) is 11.3 Å². The number of ether oxygens (including phenoxy) is 1. The molecule has 0 amide bonds. The molecular formula is C23H18O7. The predicted octanol–water partition coefficient (Wildman–Crippen LogP) is 4.17. The number of aromatic hydroxyl groups is 4. The lowest BCUT2D eigenvalue weighted by molar-refractivity contribution is 0.305. The second-order valence-corrected chi connectivity index (χ2v) is 6.91.